The molecule has 5 heteroatoms. The average molecular weight is 313 g/mol. The van der Waals surface area contributed by atoms with Crippen LogP contribution in [-0.2, 0) is 0 Å². The highest BCUT2D eigenvalue weighted by Crippen LogP contribution is 2.23. The molecule has 0 aliphatic carbocycles. The van der Waals surface area contributed by atoms with E-state index in [0.717, 1.165) is 23.5 Å². The molecule has 2 atom stereocenters. The van der Waals surface area contributed by atoms with Crippen molar-refractivity contribution in [3.05, 3.63) is 47.3 Å². The van der Waals surface area contributed by atoms with Gasteiger partial charge in [0.15, 0.2) is 0 Å². The highest BCUT2D eigenvalue weighted by atomic mass is 16.3. The van der Waals surface area contributed by atoms with E-state index in [-0.39, 0.29) is 11.8 Å². The Balaban J connectivity index is 1.92. The van der Waals surface area contributed by atoms with Crippen molar-refractivity contribution in [2.75, 3.05) is 13.1 Å². The van der Waals surface area contributed by atoms with Gasteiger partial charge in [0.2, 0.25) is 0 Å². The molecule has 2 heterocycles. The van der Waals surface area contributed by atoms with E-state index in [4.69, 9.17) is 0 Å². The molecule has 1 amide bonds. The largest absolute Gasteiger partial charge is 0.391 e. The molecule has 0 radical (unpaired) electrons. The molecule has 122 valence electrons. The third-order valence-electron chi connectivity index (χ3n) is 4.71. The van der Waals surface area contributed by atoms with Crippen LogP contribution in [0.15, 0.2) is 30.3 Å². The number of likely N-dealkylation sites (tertiary alicyclic amines) is 1. The molecule has 1 aliphatic rings. The highest BCUT2D eigenvalue weighted by molar-refractivity contribution is 5.96. The van der Waals surface area contributed by atoms with Crippen LogP contribution in [0.1, 0.15) is 35.1 Å². The molecule has 1 aromatic carbocycles. The lowest BCUT2D eigenvalue weighted by atomic mass is 9.95. The number of hydrogen-bond acceptors (Lipinski definition) is 3. The fourth-order valence-corrected chi connectivity index (χ4v) is 3.16. The van der Waals surface area contributed by atoms with Gasteiger partial charge >= 0.3 is 0 Å². The molecule has 0 spiro atoms. The summed E-state index contributed by atoms with van der Waals surface area (Å²) in [5.41, 5.74) is 3.16. The summed E-state index contributed by atoms with van der Waals surface area (Å²) in [6.45, 7) is 6.89. The molecular formula is C18H23N3O2. The maximum atomic E-state index is 12.9. The zero-order valence-electron chi connectivity index (χ0n) is 13.9. The van der Waals surface area contributed by atoms with E-state index in [2.05, 4.69) is 5.10 Å². The van der Waals surface area contributed by atoms with Crippen molar-refractivity contribution in [2.45, 2.75) is 33.3 Å². The van der Waals surface area contributed by atoms with E-state index in [1.54, 1.807) is 4.90 Å². The number of aliphatic hydroxyl groups excluding tert-OH is 1. The van der Waals surface area contributed by atoms with Crippen molar-refractivity contribution in [1.82, 2.24) is 14.7 Å². The SMILES string of the molecule is Cc1nn(-c2ccccc2)c(C)c1C(=O)N1CCC(C)C(O)C1. The number of aryl methyl sites for hydroxylation is 1. The topological polar surface area (TPSA) is 58.4 Å². The second kappa shape index (κ2) is 6.16. The number of amides is 1. The number of rotatable bonds is 2. The predicted octanol–water partition coefficient (Wildman–Crippen LogP) is 2.33. The summed E-state index contributed by atoms with van der Waals surface area (Å²) in [5.74, 6) is 0.210. The van der Waals surface area contributed by atoms with Gasteiger partial charge in [-0.25, -0.2) is 4.68 Å². The lowest BCUT2D eigenvalue weighted by Crippen LogP contribution is -2.46. The number of aromatic nitrogens is 2. The van der Waals surface area contributed by atoms with Gasteiger partial charge in [-0.05, 0) is 38.3 Å². The summed E-state index contributed by atoms with van der Waals surface area (Å²) < 4.78 is 1.81. The van der Waals surface area contributed by atoms with E-state index in [1.807, 2.05) is 55.8 Å². The molecule has 3 rings (SSSR count). The summed E-state index contributed by atoms with van der Waals surface area (Å²) in [6, 6.07) is 9.81. The Morgan fingerprint density at radius 1 is 1.26 bits per heavy atom. The highest BCUT2D eigenvalue weighted by Gasteiger charge is 2.30. The Kier molecular flexibility index (Phi) is 4.22. The second-order valence-electron chi connectivity index (χ2n) is 6.38. The molecule has 1 fully saturated rings. The van der Waals surface area contributed by atoms with Gasteiger partial charge in [0.25, 0.3) is 5.91 Å². The third-order valence-corrected chi connectivity index (χ3v) is 4.71. The maximum Gasteiger partial charge on any atom is 0.257 e. The maximum absolute atomic E-state index is 12.9. The number of carbonyl (C=O) groups is 1. The fraction of sp³-hybridized carbons (Fsp3) is 0.444. The summed E-state index contributed by atoms with van der Waals surface area (Å²) in [5, 5.41) is 14.6. The first kappa shape index (κ1) is 15.7. The average Bonchev–Trinajstić information content (AvgIpc) is 2.85. The lowest BCUT2D eigenvalue weighted by molar-refractivity contribution is 0.0248. The van der Waals surface area contributed by atoms with Crippen molar-refractivity contribution in [3.63, 3.8) is 0 Å². The van der Waals surface area contributed by atoms with Crippen LogP contribution in [0, 0.1) is 19.8 Å². The predicted molar refractivity (Wildman–Crippen MR) is 88.7 cm³/mol. The Morgan fingerprint density at radius 2 is 1.96 bits per heavy atom. The molecule has 2 unspecified atom stereocenters. The van der Waals surface area contributed by atoms with Crippen molar-refractivity contribution < 1.29 is 9.90 Å². The number of nitrogens with zero attached hydrogens (tertiary/aromatic N) is 3. The molecule has 1 aromatic heterocycles. The van der Waals surface area contributed by atoms with E-state index in [1.165, 1.54) is 0 Å². The van der Waals surface area contributed by atoms with E-state index in [0.29, 0.717) is 18.7 Å². The van der Waals surface area contributed by atoms with Crippen LogP contribution in [0.5, 0.6) is 0 Å². The summed E-state index contributed by atoms with van der Waals surface area (Å²) in [4.78, 5) is 14.6. The van der Waals surface area contributed by atoms with Crippen LogP contribution in [0.4, 0.5) is 0 Å². The van der Waals surface area contributed by atoms with Crippen LogP contribution in [0.25, 0.3) is 5.69 Å². The molecule has 5 nitrogen and oxygen atoms in total. The van der Waals surface area contributed by atoms with Crippen LogP contribution in [-0.4, -0.2) is 44.9 Å². The van der Waals surface area contributed by atoms with E-state index < -0.39 is 6.10 Å². The minimum Gasteiger partial charge on any atom is -0.391 e. The van der Waals surface area contributed by atoms with Crippen LogP contribution in [0.3, 0.4) is 0 Å². The number of para-hydroxylation sites is 1. The molecule has 2 aromatic rings. The zero-order chi connectivity index (χ0) is 16.6. The van der Waals surface area contributed by atoms with Gasteiger partial charge in [-0.2, -0.15) is 5.10 Å². The number of piperidine rings is 1. The first-order valence-corrected chi connectivity index (χ1v) is 8.08. The van der Waals surface area contributed by atoms with Gasteiger partial charge in [-0.3, -0.25) is 4.79 Å². The van der Waals surface area contributed by atoms with Gasteiger partial charge in [0.1, 0.15) is 0 Å². The molecular weight excluding hydrogens is 290 g/mol. The number of carbonyl (C=O) groups excluding carboxylic acids is 1. The summed E-state index contributed by atoms with van der Waals surface area (Å²) >= 11 is 0. The number of aliphatic hydroxyl groups is 1. The third kappa shape index (κ3) is 2.88. The molecule has 0 saturated carbocycles. The molecule has 1 N–H and O–H groups in total. The van der Waals surface area contributed by atoms with Crippen molar-refractivity contribution in [1.29, 1.82) is 0 Å². The van der Waals surface area contributed by atoms with Gasteiger partial charge in [-0.1, -0.05) is 25.1 Å². The molecule has 0 bridgehead atoms. The standard InChI is InChI=1S/C18H23N3O2/c1-12-9-10-20(11-16(12)22)18(23)17-13(2)19-21(14(17)3)15-7-5-4-6-8-15/h4-8,12,16,22H,9-11H2,1-3H3. The van der Waals surface area contributed by atoms with Gasteiger partial charge in [-0.15, -0.1) is 0 Å². The summed E-state index contributed by atoms with van der Waals surface area (Å²) in [6.07, 6.45) is 0.384. The van der Waals surface area contributed by atoms with Crippen molar-refractivity contribution in [3.8, 4) is 5.69 Å². The first-order chi connectivity index (χ1) is 11.0. The van der Waals surface area contributed by atoms with E-state index in [9.17, 15) is 9.90 Å². The minimum atomic E-state index is -0.447. The molecule has 23 heavy (non-hydrogen) atoms. The van der Waals surface area contributed by atoms with E-state index >= 15 is 0 Å². The Labute approximate surface area is 136 Å². The molecule has 1 saturated heterocycles. The van der Waals surface area contributed by atoms with Crippen molar-refractivity contribution >= 4 is 5.91 Å². The smallest absolute Gasteiger partial charge is 0.257 e. The Morgan fingerprint density at radius 3 is 2.61 bits per heavy atom. The van der Waals surface area contributed by atoms with Gasteiger partial charge in [0.05, 0.1) is 28.7 Å². The van der Waals surface area contributed by atoms with Gasteiger partial charge < -0.3 is 10.0 Å². The minimum absolute atomic E-state index is 0.0341. The normalized spacial score (nSPS) is 21.5. The number of benzene rings is 1. The monoisotopic (exact) mass is 313 g/mol. The fourth-order valence-electron chi connectivity index (χ4n) is 3.16. The second-order valence-corrected chi connectivity index (χ2v) is 6.38. The number of hydrogen-bond donors (Lipinski definition) is 1. The lowest BCUT2D eigenvalue weighted by Gasteiger charge is -2.34. The van der Waals surface area contributed by atoms with Crippen LogP contribution < -0.4 is 0 Å². The Hall–Kier alpha value is -2.14. The van der Waals surface area contributed by atoms with Crippen molar-refractivity contribution in [2.24, 2.45) is 5.92 Å². The van der Waals surface area contributed by atoms with Crippen LogP contribution in [0.2, 0.25) is 0 Å². The van der Waals surface area contributed by atoms with Crippen LogP contribution >= 0.6 is 0 Å². The molecule has 1 aliphatic heterocycles. The summed E-state index contributed by atoms with van der Waals surface area (Å²) in [7, 11) is 0. The number of β-amino-alcohol motifs (C(OH)–C–C–N with tert-alkyl or cyclic N) is 1. The first-order valence-electron chi connectivity index (χ1n) is 8.08. The quantitative estimate of drug-likeness (QED) is 0.926. The zero-order valence-corrected chi connectivity index (χ0v) is 13.9. The Bertz CT molecular complexity index is 709. The van der Waals surface area contributed by atoms with Gasteiger partial charge in [0, 0.05) is 13.1 Å².